The summed E-state index contributed by atoms with van der Waals surface area (Å²) in [6.07, 6.45) is 2.68. The van der Waals surface area contributed by atoms with E-state index in [0.29, 0.717) is 6.01 Å². The van der Waals surface area contributed by atoms with Crippen LogP contribution in [0.25, 0.3) is 0 Å². The van der Waals surface area contributed by atoms with E-state index in [4.69, 9.17) is 4.42 Å². The first-order chi connectivity index (χ1) is 6.25. The fourth-order valence-corrected chi connectivity index (χ4v) is 2.12. The van der Waals surface area contributed by atoms with Crippen LogP contribution in [-0.4, -0.2) is 23.3 Å². The highest BCUT2D eigenvalue weighted by Crippen LogP contribution is 2.24. The molecule has 0 aliphatic carbocycles. The zero-order chi connectivity index (χ0) is 9.26. The monoisotopic (exact) mass is 181 g/mol. The maximum Gasteiger partial charge on any atom is 0.317 e. The second-order valence-corrected chi connectivity index (χ2v) is 4.07. The molecular weight excluding hydrogens is 166 g/mol. The van der Waals surface area contributed by atoms with Crippen LogP contribution >= 0.6 is 0 Å². The summed E-state index contributed by atoms with van der Waals surface area (Å²) in [5.41, 5.74) is 0. The van der Waals surface area contributed by atoms with Crippen LogP contribution in [0.1, 0.15) is 20.3 Å². The van der Waals surface area contributed by atoms with Gasteiger partial charge in [0.05, 0.1) is 0 Å². The Morgan fingerprint density at radius 3 is 2.62 bits per heavy atom. The van der Waals surface area contributed by atoms with E-state index in [0.717, 1.165) is 24.9 Å². The molecule has 0 bridgehead atoms. The van der Waals surface area contributed by atoms with Crippen molar-refractivity contribution in [2.75, 3.05) is 18.0 Å². The van der Waals surface area contributed by atoms with Crippen molar-refractivity contribution in [2.24, 2.45) is 11.8 Å². The fraction of sp³-hybridized carbons (Fsp3) is 0.778. The van der Waals surface area contributed by atoms with Crippen molar-refractivity contribution < 1.29 is 4.42 Å². The Kier molecular flexibility index (Phi) is 2.20. The van der Waals surface area contributed by atoms with E-state index >= 15 is 0 Å². The molecule has 1 aliphatic rings. The second kappa shape index (κ2) is 3.36. The van der Waals surface area contributed by atoms with E-state index in [1.165, 1.54) is 12.8 Å². The van der Waals surface area contributed by atoms with E-state index in [2.05, 4.69) is 28.9 Å². The van der Waals surface area contributed by atoms with Gasteiger partial charge in [0, 0.05) is 13.1 Å². The number of aromatic nitrogens is 2. The summed E-state index contributed by atoms with van der Waals surface area (Å²) in [6.45, 7) is 6.59. The quantitative estimate of drug-likeness (QED) is 0.659. The van der Waals surface area contributed by atoms with E-state index in [-0.39, 0.29) is 0 Å². The molecule has 1 aromatic rings. The highest BCUT2D eigenvalue weighted by Gasteiger charge is 2.24. The van der Waals surface area contributed by atoms with E-state index in [1.807, 2.05) is 0 Å². The van der Waals surface area contributed by atoms with Crippen LogP contribution in [0.2, 0.25) is 0 Å². The molecule has 0 saturated carbocycles. The van der Waals surface area contributed by atoms with E-state index < -0.39 is 0 Å². The third kappa shape index (κ3) is 1.82. The van der Waals surface area contributed by atoms with Gasteiger partial charge in [0.15, 0.2) is 0 Å². The summed E-state index contributed by atoms with van der Waals surface area (Å²) in [7, 11) is 0. The van der Waals surface area contributed by atoms with Crippen LogP contribution < -0.4 is 4.90 Å². The van der Waals surface area contributed by atoms with Crippen molar-refractivity contribution in [1.29, 1.82) is 0 Å². The lowest BCUT2D eigenvalue weighted by Crippen LogP contribution is -2.38. The van der Waals surface area contributed by atoms with Crippen molar-refractivity contribution in [3.8, 4) is 0 Å². The van der Waals surface area contributed by atoms with Crippen LogP contribution in [0.5, 0.6) is 0 Å². The van der Waals surface area contributed by atoms with Crippen molar-refractivity contribution in [3.63, 3.8) is 0 Å². The Labute approximate surface area is 77.9 Å². The summed E-state index contributed by atoms with van der Waals surface area (Å²) in [5.74, 6) is 1.44. The number of nitrogens with zero attached hydrogens (tertiary/aromatic N) is 3. The van der Waals surface area contributed by atoms with Gasteiger partial charge in [-0.2, -0.15) is 0 Å². The largest absolute Gasteiger partial charge is 0.411 e. The first-order valence-electron chi connectivity index (χ1n) is 4.77. The van der Waals surface area contributed by atoms with Crippen LogP contribution in [0.15, 0.2) is 10.8 Å². The van der Waals surface area contributed by atoms with Gasteiger partial charge in [-0.3, -0.25) is 0 Å². The molecule has 13 heavy (non-hydrogen) atoms. The fourth-order valence-electron chi connectivity index (χ4n) is 2.12. The highest BCUT2D eigenvalue weighted by molar-refractivity contribution is 5.24. The third-order valence-corrected chi connectivity index (χ3v) is 2.49. The normalized spacial score (nSPS) is 29.2. The molecule has 0 aromatic carbocycles. The standard InChI is InChI=1S/C9H15N3O/c1-7-3-8(2)5-12(4-7)9-11-10-6-13-9/h6-8H,3-5H2,1-2H3. The molecule has 1 aromatic heterocycles. The Hall–Kier alpha value is -1.06. The third-order valence-electron chi connectivity index (χ3n) is 2.49. The summed E-state index contributed by atoms with van der Waals surface area (Å²) >= 11 is 0. The predicted molar refractivity (Wildman–Crippen MR) is 49.5 cm³/mol. The molecule has 0 spiro atoms. The highest BCUT2D eigenvalue weighted by atomic mass is 16.4. The lowest BCUT2D eigenvalue weighted by molar-refractivity contribution is 0.340. The minimum atomic E-state index is 0.665. The number of hydrogen-bond acceptors (Lipinski definition) is 4. The summed E-state index contributed by atoms with van der Waals surface area (Å²) in [4.78, 5) is 2.17. The molecule has 72 valence electrons. The molecule has 0 radical (unpaired) electrons. The van der Waals surface area contributed by atoms with E-state index in [9.17, 15) is 0 Å². The Morgan fingerprint density at radius 2 is 2.08 bits per heavy atom. The smallest absolute Gasteiger partial charge is 0.317 e. The van der Waals surface area contributed by atoms with Crippen LogP contribution in [0, 0.1) is 11.8 Å². The minimum Gasteiger partial charge on any atom is -0.411 e. The summed E-state index contributed by atoms with van der Waals surface area (Å²) in [6, 6.07) is 0.665. The number of rotatable bonds is 1. The molecule has 1 saturated heterocycles. The molecule has 2 heterocycles. The number of hydrogen-bond donors (Lipinski definition) is 0. The van der Waals surface area contributed by atoms with Gasteiger partial charge in [-0.1, -0.05) is 18.9 Å². The average molecular weight is 181 g/mol. The molecular formula is C9H15N3O. The molecule has 1 fully saturated rings. The number of anilines is 1. The van der Waals surface area contributed by atoms with Crippen molar-refractivity contribution >= 4 is 6.01 Å². The maximum absolute atomic E-state index is 5.17. The molecule has 4 heteroatoms. The van der Waals surface area contributed by atoms with Crippen molar-refractivity contribution in [1.82, 2.24) is 10.2 Å². The predicted octanol–water partition coefficient (Wildman–Crippen LogP) is 1.55. The first-order valence-corrected chi connectivity index (χ1v) is 4.77. The lowest BCUT2D eigenvalue weighted by atomic mass is 9.92. The topological polar surface area (TPSA) is 42.2 Å². The zero-order valence-corrected chi connectivity index (χ0v) is 8.10. The summed E-state index contributed by atoms with van der Waals surface area (Å²) in [5, 5.41) is 7.61. The van der Waals surface area contributed by atoms with Crippen molar-refractivity contribution in [3.05, 3.63) is 6.39 Å². The molecule has 4 nitrogen and oxygen atoms in total. The van der Waals surface area contributed by atoms with Crippen molar-refractivity contribution in [2.45, 2.75) is 20.3 Å². The van der Waals surface area contributed by atoms with Crippen LogP contribution in [0.4, 0.5) is 6.01 Å². The van der Waals surface area contributed by atoms with Gasteiger partial charge in [0.2, 0.25) is 6.39 Å². The molecule has 2 atom stereocenters. The summed E-state index contributed by atoms with van der Waals surface area (Å²) < 4.78 is 5.17. The maximum atomic E-state index is 5.17. The van der Waals surface area contributed by atoms with Gasteiger partial charge in [-0.05, 0) is 18.3 Å². The Bertz CT molecular complexity index is 250. The van der Waals surface area contributed by atoms with Gasteiger partial charge in [0.1, 0.15) is 0 Å². The Balaban J connectivity index is 2.07. The lowest BCUT2D eigenvalue weighted by Gasteiger charge is -2.33. The van der Waals surface area contributed by atoms with Gasteiger partial charge in [0.25, 0.3) is 0 Å². The zero-order valence-electron chi connectivity index (χ0n) is 8.10. The van der Waals surface area contributed by atoms with Gasteiger partial charge in [-0.15, -0.1) is 5.10 Å². The van der Waals surface area contributed by atoms with Gasteiger partial charge < -0.3 is 9.32 Å². The SMILES string of the molecule is CC1CC(C)CN(c2nnco2)C1. The molecule has 2 rings (SSSR count). The molecule has 0 amide bonds. The van der Waals surface area contributed by atoms with Crippen LogP contribution in [0.3, 0.4) is 0 Å². The first kappa shape index (κ1) is 8.53. The van der Waals surface area contributed by atoms with Gasteiger partial charge in [-0.25, -0.2) is 0 Å². The van der Waals surface area contributed by atoms with Crippen LogP contribution in [-0.2, 0) is 0 Å². The minimum absolute atomic E-state index is 0.665. The second-order valence-electron chi connectivity index (χ2n) is 4.07. The Morgan fingerprint density at radius 1 is 1.38 bits per heavy atom. The number of piperidine rings is 1. The van der Waals surface area contributed by atoms with E-state index in [1.54, 1.807) is 0 Å². The van der Waals surface area contributed by atoms with Gasteiger partial charge >= 0.3 is 6.01 Å². The molecule has 2 unspecified atom stereocenters. The average Bonchev–Trinajstić information content (AvgIpc) is 2.53. The molecule has 0 N–H and O–H groups in total. The molecule has 1 aliphatic heterocycles.